The number of carbonyl (C=O) groups is 12. The Kier molecular flexibility index (Phi) is 28.0. The maximum Gasteiger partial charge on any atom is 0.305 e. The average Bonchev–Trinajstić information content (AvgIpc) is 0.757. The fraction of sp³-hybridized carbons (Fsp3) is 0.325. The Hall–Kier alpha value is -11.8. The predicted molar refractivity (Wildman–Crippen MR) is 384 cm³/mol. The molecule has 562 valence electrons. The first kappa shape index (κ1) is 79.3. The number of aliphatic carboxylic acids is 6. The first-order valence-electron chi connectivity index (χ1n) is 34.1. The van der Waals surface area contributed by atoms with Crippen LogP contribution >= 0.6 is 0 Å². The van der Waals surface area contributed by atoms with Crippen LogP contribution in [0.15, 0.2) is 133 Å². The van der Waals surface area contributed by atoms with Crippen LogP contribution in [0, 0.1) is 0 Å². The van der Waals surface area contributed by atoms with Gasteiger partial charge in [-0.3, -0.25) is 57.5 Å². The van der Waals surface area contributed by atoms with Crippen molar-refractivity contribution in [2.75, 3.05) is 79.3 Å². The number of carboxylic acids is 6. The normalized spacial score (nSPS) is 13.0. The molecule has 6 amide bonds. The van der Waals surface area contributed by atoms with Crippen LogP contribution in [-0.4, -0.2) is 192 Å². The smallest absolute Gasteiger partial charge is 0.305 e. The molecule has 0 radical (unpaired) electrons. The van der Waals surface area contributed by atoms with Gasteiger partial charge in [0.15, 0.2) is 0 Å². The minimum Gasteiger partial charge on any atom is -0.481 e. The van der Waals surface area contributed by atoms with Crippen molar-refractivity contribution in [3.8, 4) is 0 Å². The molecule has 0 unspecified atom stereocenters. The molecule has 1 heterocycles. The topological polar surface area (TPSA) is 454 Å². The van der Waals surface area contributed by atoms with Crippen LogP contribution < -0.4 is 31.9 Å². The molecule has 8 aromatic carbocycles. The van der Waals surface area contributed by atoms with Crippen molar-refractivity contribution in [1.82, 2.24) is 31.9 Å². The summed E-state index contributed by atoms with van der Waals surface area (Å²) in [6.07, 6.45) is -2.54. The maximum absolute atomic E-state index is 15.1. The van der Waals surface area contributed by atoms with Gasteiger partial charge < -0.3 is 91.0 Å². The van der Waals surface area contributed by atoms with E-state index >= 15 is 19.2 Å². The molecule has 107 heavy (non-hydrogen) atoms. The number of nitrogens with one attached hydrogen (secondary N) is 6. The third kappa shape index (κ3) is 21.9. The molecule has 1 aliphatic heterocycles. The summed E-state index contributed by atoms with van der Waals surface area (Å²) >= 11 is 0. The Morgan fingerprint density at radius 2 is 0.514 bits per heavy atom. The molecule has 12 N–H and O–H groups in total. The molecule has 30 heteroatoms. The van der Waals surface area contributed by atoms with Crippen molar-refractivity contribution in [3.63, 3.8) is 0 Å². The molecule has 1 aliphatic rings. The van der Waals surface area contributed by atoms with E-state index in [-0.39, 0.29) is 112 Å². The summed E-state index contributed by atoms with van der Waals surface area (Å²) < 4.78 is 34.7. The number of hydrogen-bond acceptors (Lipinski definition) is 18. The zero-order chi connectivity index (χ0) is 76.6. The lowest BCUT2D eigenvalue weighted by Gasteiger charge is -2.34. The fourth-order valence-electron chi connectivity index (χ4n) is 12.3. The quantitative estimate of drug-likeness (QED) is 0.0147. The van der Waals surface area contributed by atoms with Crippen LogP contribution in [0.3, 0.4) is 0 Å². The summed E-state index contributed by atoms with van der Waals surface area (Å²) in [6.45, 7) is -5.53. The van der Waals surface area contributed by atoms with Crippen LogP contribution in [0.25, 0.3) is 43.1 Å². The van der Waals surface area contributed by atoms with E-state index in [1.54, 1.807) is 48.5 Å². The molecule has 0 saturated carbocycles. The van der Waals surface area contributed by atoms with Gasteiger partial charge in [0.1, 0.15) is 11.1 Å². The number of hydrogen-bond donors (Lipinski definition) is 12. The van der Waals surface area contributed by atoms with E-state index in [0.29, 0.717) is 65.3 Å². The lowest BCUT2D eigenvalue weighted by Crippen LogP contribution is -2.58. The number of carbonyl (C=O) groups excluding carboxylic acids is 6. The maximum atomic E-state index is 15.1. The molecule has 30 nitrogen and oxygen atoms in total. The number of carboxylic acid groups (broad SMARTS) is 6. The number of fused-ring (bicyclic) bond motifs is 10. The SMILES string of the molecule is O=C(O)CCCOCC(COCCC(=O)O)(COCCC(=O)O)NC(=O)c1cc2cc(c1)C(=O)NCc1c3ccccc3c(c3ccccc13)CNC(=O)c1cc(cc(C(=O)NC(COCCC(=O)O)(COCCC(=O)O)COCCC(=O)O)c1)C(=O)NCc1c3ccccc3c(c3ccccc13)CNC2=O. The lowest BCUT2D eigenvalue weighted by molar-refractivity contribution is -0.140. The Bertz CT molecular complexity index is 4310. The molecule has 9 rings (SSSR count). The third-order valence-electron chi connectivity index (χ3n) is 17.5. The molecular formula is C77H80N6O24. The third-order valence-corrected chi connectivity index (χ3v) is 17.5. The summed E-state index contributed by atoms with van der Waals surface area (Å²) in [5.74, 6) is -12.0. The second-order valence-corrected chi connectivity index (χ2v) is 25.4. The highest BCUT2D eigenvalue weighted by Crippen LogP contribution is 2.36. The van der Waals surface area contributed by atoms with Crippen molar-refractivity contribution in [1.29, 1.82) is 0 Å². The Balaban J connectivity index is 1.15. The highest BCUT2D eigenvalue weighted by molar-refractivity contribution is 6.11. The van der Waals surface area contributed by atoms with E-state index in [9.17, 15) is 69.0 Å². The Morgan fingerprint density at radius 1 is 0.308 bits per heavy atom. The minimum atomic E-state index is -1.78. The zero-order valence-corrected chi connectivity index (χ0v) is 58.0. The van der Waals surface area contributed by atoms with Crippen LogP contribution in [0.5, 0.6) is 0 Å². The second-order valence-electron chi connectivity index (χ2n) is 25.4. The van der Waals surface area contributed by atoms with Gasteiger partial charge in [-0.15, -0.1) is 0 Å². The number of amides is 6. The number of rotatable bonds is 35. The van der Waals surface area contributed by atoms with Crippen LogP contribution in [0.1, 0.15) is 129 Å². The van der Waals surface area contributed by atoms with E-state index < -0.39 is 154 Å². The highest BCUT2D eigenvalue weighted by atomic mass is 16.5. The van der Waals surface area contributed by atoms with Crippen LogP contribution in [0.4, 0.5) is 0 Å². The molecule has 8 aromatic rings. The van der Waals surface area contributed by atoms with E-state index in [1.165, 1.54) is 36.4 Å². The first-order chi connectivity index (χ1) is 51.4. The molecule has 0 saturated heterocycles. The Labute approximate surface area is 611 Å². The molecule has 0 spiro atoms. The molecule has 0 atom stereocenters. The van der Waals surface area contributed by atoms with E-state index in [0.717, 1.165) is 0 Å². The molecule has 0 aliphatic carbocycles. The van der Waals surface area contributed by atoms with Gasteiger partial charge in [-0.2, -0.15) is 0 Å². The van der Waals surface area contributed by atoms with E-state index in [2.05, 4.69) is 31.9 Å². The highest BCUT2D eigenvalue weighted by Gasteiger charge is 2.37. The van der Waals surface area contributed by atoms with Crippen molar-refractivity contribution in [3.05, 3.63) is 189 Å². The zero-order valence-electron chi connectivity index (χ0n) is 58.0. The van der Waals surface area contributed by atoms with Crippen molar-refractivity contribution in [2.24, 2.45) is 0 Å². The van der Waals surface area contributed by atoms with Gasteiger partial charge in [0.2, 0.25) is 0 Å². The average molecular weight is 1470 g/mol. The van der Waals surface area contributed by atoms with Crippen molar-refractivity contribution < 1.29 is 117 Å². The molecule has 0 fully saturated rings. The van der Waals surface area contributed by atoms with Gasteiger partial charge in [0.25, 0.3) is 35.4 Å². The first-order valence-corrected chi connectivity index (χ1v) is 34.1. The lowest BCUT2D eigenvalue weighted by atomic mass is 9.91. The van der Waals surface area contributed by atoms with Gasteiger partial charge in [-0.1, -0.05) is 97.1 Å². The van der Waals surface area contributed by atoms with Gasteiger partial charge in [-0.05, 0) is 108 Å². The van der Waals surface area contributed by atoms with Crippen molar-refractivity contribution >= 4 is 114 Å². The number of ether oxygens (including phenoxy) is 6. The van der Waals surface area contributed by atoms with E-state index in [4.69, 9.17) is 28.4 Å². The predicted octanol–water partition coefficient (Wildman–Crippen LogP) is 6.61. The van der Waals surface area contributed by atoms with Crippen LogP contribution in [0.2, 0.25) is 0 Å². The number of benzene rings is 8. The summed E-state index contributed by atoms with van der Waals surface area (Å²) in [5.41, 5.74) is -2.28. The second kappa shape index (κ2) is 37.8. The summed E-state index contributed by atoms with van der Waals surface area (Å²) in [6, 6.07) is 36.3. The molecule has 0 aromatic heterocycles. The van der Waals surface area contributed by atoms with Crippen molar-refractivity contribution in [2.45, 2.75) is 82.2 Å². The van der Waals surface area contributed by atoms with Gasteiger partial charge in [0.05, 0.1) is 105 Å². The largest absolute Gasteiger partial charge is 0.481 e. The van der Waals surface area contributed by atoms with Gasteiger partial charge in [0, 0.05) is 72.6 Å². The van der Waals surface area contributed by atoms with Gasteiger partial charge in [-0.25, -0.2) is 0 Å². The van der Waals surface area contributed by atoms with E-state index in [1.807, 2.05) is 48.5 Å². The summed E-state index contributed by atoms with van der Waals surface area (Å²) in [7, 11) is 0. The monoisotopic (exact) mass is 1470 g/mol. The molecular weight excluding hydrogens is 1390 g/mol. The standard InChI is InChI=1S/C77H80N6O24/c84-64(85)18-9-24-102-40-76(41-103-25-19-65(86)87,42-104-26-20-66(88)89)82-74(100)50-32-46-30-47(33-50)71(97)79-37-61-54-12-3-7-16-58(54)63(59-17-8-4-13-55(59)61)39-81-73(99)49-31-48(72(98)80-38-62-56-14-5-1-10-52(56)60(36-78-70(46)96)53-11-2-6-15-57(53)62)34-51(35-49)75(101)83-77(43-105-27-21-67(90)91,44-106-28-22-68(92)93)45-107-29-23-69(94)95/h1-8,10-17,30-35H,9,18-29,36-45H2,(H,78,96)(H,79,97)(H,80,98)(H,81,99)(H,82,100)(H,83,101)(H,84,85)(H,86,87)(H,88,89)(H,90,91)(H,92,93)(H,94,95). The minimum absolute atomic E-state index is 0.0419. The Morgan fingerprint density at radius 3 is 0.720 bits per heavy atom. The fourth-order valence-corrected chi connectivity index (χ4v) is 12.3. The summed E-state index contributed by atoms with van der Waals surface area (Å²) in [5, 5.41) is 79.1. The summed E-state index contributed by atoms with van der Waals surface area (Å²) in [4.78, 5) is 159. The van der Waals surface area contributed by atoms with Crippen LogP contribution in [-0.2, 0) is 83.4 Å². The molecule has 8 bridgehead atoms. The van der Waals surface area contributed by atoms with Gasteiger partial charge >= 0.3 is 35.8 Å².